The van der Waals surface area contributed by atoms with Gasteiger partial charge in [-0.25, -0.2) is 4.98 Å². The molecule has 0 saturated heterocycles. The highest BCUT2D eigenvalue weighted by Crippen LogP contribution is 2.23. The van der Waals surface area contributed by atoms with E-state index in [4.69, 9.17) is 5.11 Å². The minimum atomic E-state index is 0.0287. The minimum Gasteiger partial charge on any atom is -0.390 e. The molecule has 0 unspecified atom stereocenters. The predicted molar refractivity (Wildman–Crippen MR) is 72.8 cm³/mol. The van der Waals surface area contributed by atoms with Crippen molar-refractivity contribution < 1.29 is 5.11 Å². The Hall–Kier alpha value is -0.780. The summed E-state index contributed by atoms with van der Waals surface area (Å²) in [4.78, 5) is 4.28. The third kappa shape index (κ3) is 3.12. The molecule has 17 heavy (non-hydrogen) atoms. The number of halogens is 1. The van der Waals surface area contributed by atoms with Gasteiger partial charge in [0.2, 0.25) is 0 Å². The van der Waals surface area contributed by atoms with Gasteiger partial charge in [0.15, 0.2) is 5.16 Å². The van der Waals surface area contributed by atoms with E-state index in [0.29, 0.717) is 0 Å². The van der Waals surface area contributed by atoms with E-state index >= 15 is 0 Å². The van der Waals surface area contributed by atoms with Gasteiger partial charge in [-0.3, -0.25) is 0 Å². The Morgan fingerprint density at radius 2 is 2.29 bits per heavy atom. The van der Waals surface area contributed by atoms with E-state index in [2.05, 4.69) is 33.0 Å². The molecule has 1 N–H and O–H groups in total. The van der Waals surface area contributed by atoms with Crippen molar-refractivity contribution in [2.24, 2.45) is 7.05 Å². The monoisotopic (exact) mass is 312 g/mol. The number of hydrogen-bond donors (Lipinski definition) is 1. The predicted octanol–water partition coefficient (Wildman–Crippen LogP) is 2.97. The Labute approximate surface area is 113 Å². The number of aliphatic hydroxyl groups is 1. The Balaban J connectivity index is 2.05. The standard InChI is InChI=1S/C12H13BrN2OS/c1-15-11(7-16)6-14-12(15)17-8-9-3-2-4-10(13)5-9/h2-6,16H,7-8H2,1H3. The molecule has 0 atom stereocenters. The summed E-state index contributed by atoms with van der Waals surface area (Å²) >= 11 is 5.12. The summed E-state index contributed by atoms with van der Waals surface area (Å²) in [6.07, 6.45) is 1.71. The molecule has 0 fully saturated rings. The van der Waals surface area contributed by atoms with Gasteiger partial charge in [-0.15, -0.1) is 0 Å². The van der Waals surface area contributed by atoms with E-state index < -0.39 is 0 Å². The van der Waals surface area contributed by atoms with Crippen LogP contribution in [0.3, 0.4) is 0 Å². The topological polar surface area (TPSA) is 38.0 Å². The number of rotatable bonds is 4. The Morgan fingerprint density at radius 3 is 2.94 bits per heavy atom. The number of aromatic nitrogens is 2. The Kier molecular flexibility index (Phi) is 4.25. The first kappa shape index (κ1) is 12.7. The van der Waals surface area contributed by atoms with Crippen molar-refractivity contribution in [2.45, 2.75) is 17.5 Å². The summed E-state index contributed by atoms with van der Waals surface area (Å²) in [6.45, 7) is 0.0287. The first-order valence-electron chi connectivity index (χ1n) is 5.19. The van der Waals surface area contributed by atoms with E-state index in [1.807, 2.05) is 23.7 Å². The Morgan fingerprint density at radius 1 is 1.47 bits per heavy atom. The lowest BCUT2D eigenvalue weighted by Crippen LogP contribution is -1.97. The molecule has 5 heteroatoms. The van der Waals surface area contributed by atoms with Crippen LogP contribution in [0, 0.1) is 0 Å². The van der Waals surface area contributed by atoms with Gasteiger partial charge in [0.1, 0.15) is 0 Å². The normalized spacial score (nSPS) is 10.8. The summed E-state index contributed by atoms with van der Waals surface area (Å²) in [5, 5.41) is 10.0. The third-order valence-corrected chi connectivity index (χ3v) is 4.07. The second-order valence-electron chi connectivity index (χ2n) is 3.67. The van der Waals surface area contributed by atoms with Gasteiger partial charge < -0.3 is 9.67 Å². The first-order chi connectivity index (χ1) is 8.20. The van der Waals surface area contributed by atoms with Gasteiger partial charge in [-0.05, 0) is 17.7 Å². The first-order valence-corrected chi connectivity index (χ1v) is 6.97. The van der Waals surface area contributed by atoms with E-state index in [9.17, 15) is 0 Å². The number of benzene rings is 1. The van der Waals surface area contributed by atoms with Crippen molar-refractivity contribution in [1.29, 1.82) is 0 Å². The summed E-state index contributed by atoms with van der Waals surface area (Å²) < 4.78 is 3.01. The number of aliphatic hydroxyl groups excluding tert-OH is 1. The highest BCUT2D eigenvalue weighted by molar-refractivity contribution is 9.10. The minimum absolute atomic E-state index is 0.0287. The molecule has 1 aromatic heterocycles. The fraction of sp³-hybridized carbons (Fsp3) is 0.250. The zero-order valence-corrected chi connectivity index (χ0v) is 11.8. The number of thioether (sulfide) groups is 1. The second-order valence-corrected chi connectivity index (χ2v) is 5.53. The molecule has 0 radical (unpaired) electrons. The molecule has 0 amide bonds. The van der Waals surface area contributed by atoms with E-state index in [-0.39, 0.29) is 6.61 Å². The van der Waals surface area contributed by atoms with Crippen LogP contribution in [0.1, 0.15) is 11.3 Å². The summed E-state index contributed by atoms with van der Waals surface area (Å²) in [7, 11) is 1.92. The highest BCUT2D eigenvalue weighted by Gasteiger charge is 2.06. The van der Waals surface area contributed by atoms with Crippen LogP contribution in [-0.2, 0) is 19.4 Å². The van der Waals surface area contributed by atoms with Crippen molar-refractivity contribution in [3.63, 3.8) is 0 Å². The zero-order valence-electron chi connectivity index (χ0n) is 9.43. The maximum absolute atomic E-state index is 9.08. The van der Waals surface area contributed by atoms with Gasteiger partial charge in [0.25, 0.3) is 0 Å². The smallest absolute Gasteiger partial charge is 0.168 e. The largest absolute Gasteiger partial charge is 0.390 e. The van der Waals surface area contributed by atoms with Crippen molar-refractivity contribution in [3.8, 4) is 0 Å². The van der Waals surface area contributed by atoms with Gasteiger partial charge >= 0.3 is 0 Å². The second kappa shape index (κ2) is 5.71. The van der Waals surface area contributed by atoms with Crippen LogP contribution >= 0.6 is 27.7 Å². The molecule has 0 spiro atoms. The average Bonchev–Trinajstić information content (AvgIpc) is 2.67. The van der Waals surface area contributed by atoms with Crippen LogP contribution in [0.4, 0.5) is 0 Å². The van der Waals surface area contributed by atoms with Gasteiger partial charge in [-0.2, -0.15) is 0 Å². The van der Waals surface area contributed by atoms with Crippen LogP contribution in [0.2, 0.25) is 0 Å². The molecule has 0 aliphatic rings. The molecule has 0 saturated carbocycles. The molecular weight excluding hydrogens is 300 g/mol. The zero-order chi connectivity index (χ0) is 12.3. The molecule has 0 bridgehead atoms. The maximum Gasteiger partial charge on any atom is 0.168 e. The molecule has 0 aliphatic carbocycles. The molecule has 3 nitrogen and oxygen atoms in total. The van der Waals surface area contributed by atoms with Gasteiger partial charge in [0, 0.05) is 17.3 Å². The van der Waals surface area contributed by atoms with Crippen molar-refractivity contribution >= 4 is 27.7 Å². The van der Waals surface area contributed by atoms with Crippen molar-refractivity contribution in [1.82, 2.24) is 9.55 Å². The van der Waals surface area contributed by atoms with Gasteiger partial charge in [0.05, 0.1) is 18.5 Å². The molecule has 0 aliphatic heterocycles. The van der Waals surface area contributed by atoms with E-state index in [1.165, 1.54) is 5.56 Å². The molecular formula is C12H13BrN2OS. The van der Waals surface area contributed by atoms with Crippen LogP contribution in [0.5, 0.6) is 0 Å². The summed E-state index contributed by atoms with van der Waals surface area (Å²) in [6, 6.07) is 8.23. The van der Waals surface area contributed by atoms with Crippen molar-refractivity contribution in [3.05, 3.63) is 46.2 Å². The van der Waals surface area contributed by atoms with Crippen LogP contribution in [0.15, 0.2) is 40.1 Å². The molecule has 1 heterocycles. The fourth-order valence-corrected chi connectivity index (χ4v) is 2.84. The highest BCUT2D eigenvalue weighted by atomic mass is 79.9. The number of hydrogen-bond acceptors (Lipinski definition) is 3. The lowest BCUT2D eigenvalue weighted by atomic mass is 10.2. The molecule has 2 rings (SSSR count). The lowest BCUT2D eigenvalue weighted by Gasteiger charge is -2.04. The average molecular weight is 313 g/mol. The lowest BCUT2D eigenvalue weighted by molar-refractivity contribution is 0.271. The van der Waals surface area contributed by atoms with E-state index in [0.717, 1.165) is 21.1 Å². The Bertz CT molecular complexity index is 513. The summed E-state index contributed by atoms with van der Waals surface area (Å²) in [5.41, 5.74) is 2.08. The number of imidazole rings is 1. The molecule has 2 aromatic rings. The SMILES string of the molecule is Cn1c(CO)cnc1SCc1cccc(Br)c1. The number of nitrogens with zero attached hydrogens (tertiary/aromatic N) is 2. The third-order valence-electron chi connectivity index (χ3n) is 2.46. The van der Waals surface area contributed by atoms with Gasteiger partial charge in [-0.1, -0.05) is 39.8 Å². The van der Waals surface area contributed by atoms with E-state index in [1.54, 1.807) is 18.0 Å². The maximum atomic E-state index is 9.08. The van der Waals surface area contributed by atoms with Crippen LogP contribution < -0.4 is 0 Å². The van der Waals surface area contributed by atoms with Crippen LogP contribution in [-0.4, -0.2) is 14.7 Å². The van der Waals surface area contributed by atoms with Crippen LogP contribution in [0.25, 0.3) is 0 Å². The summed E-state index contributed by atoms with van der Waals surface area (Å²) in [5.74, 6) is 0.870. The fourth-order valence-electron chi connectivity index (χ4n) is 1.48. The quantitative estimate of drug-likeness (QED) is 0.882. The van der Waals surface area contributed by atoms with Crippen molar-refractivity contribution in [2.75, 3.05) is 0 Å². The molecule has 90 valence electrons. The molecule has 1 aromatic carbocycles.